The Morgan fingerprint density at radius 1 is 1.55 bits per heavy atom. The van der Waals surface area contributed by atoms with Crippen molar-refractivity contribution in [2.75, 3.05) is 19.6 Å². The van der Waals surface area contributed by atoms with Gasteiger partial charge < -0.3 is 15.5 Å². The molecule has 7 heteroatoms. The molecule has 1 aliphatic rings. The molecule has 0 saturated carbocycles. The summed E-state index contributed by atoms with van der Waals surface area (Å²) < 4.78 is 0. The average Bonchev–Trinajstić information content (AvgIpc) is 3.13. The van der Waals surface area contributed by atoms with Gasteiger partial charge in [-0.1, -0.05) is 6.92 Å². The van der Waals surface area contributed by atoms with Gasteiger partial charge in [-0.05, 0) is 20.3 Å². The zero-order chi connectivity index (χ0) is 15.9. The van der Waals surface area contributed by atoms with Gasteiger partial charge in [-0.15, -0.1) is 0 Å². The molecular weight excluding hydrogens is 280 g/mol. The SMILES string of the molecule is CCNC(=NCc1cn[nH]c1C)NC1CCN(C(=O)CC)C1. The number of hydrogen-bond acceptors (Lipinski definition) is 3. The first-order valence-electron chi connectivity index (χ1n) is 7.95. The van der Waals surface area contributed by atoms with Gasteiger partial charge in [-0.25, -0.2) is 4.99 Å². The zero-order valence-electron chi connectivity index (χ0n) is 13.6. The largest absolute Gasteiger partial charge is 0.357 e. The first-order valence-corrected chi connectivity index (χ1v) is 7.95. The number of rotatable bonds is 5. The Kier molecular flexibility index (Phi) is 5.80. The Hall–Kier alpha value is -2.05. The van der Waals surface area contributed by atoms with Crippen molar-refractivity contribution >= 4 is 11.9 Å². The van der Waals surface area contributed by atoms with Crippen LogP contribution in [0.2, 0.25) is 0 Å². The van der Waals surface area contributed by atoms with Gasteiger partial charge in [0.2, 0.25) is 5.91 Å². The summed E-state index contributed by atoms with van der Waals surface area (Å²) in [7, 11) is 0. The molecule has 1 fully saturated rings. The first-order chi connectivity index (χ1) is 10.6. The van der Waals surface area contributed by atoms with Crippen LogP contribution >= 0.6 is 0 Å². The lowest BCUT2D eigenvalue weighted by Crippen LogP contribution is -2.45. The molecule has 122 valence electrons. The van der Waals surface area contributed by atoms with Crippen LogP contribution in [0.1, 0.15) is 37.9 Å². The van der Waals surface area contributed by atoms with E-state index in [1.807, 2.05) is 25.7 Å². The number of guanidine groups is 1. The molecule has 1 aromatic heterocycles. The van der Waals surface area contributed by atoms with Crippen LogP contribution in [-0.2, 0) is 11.3 Å². The fourth-order valence-corrected chi connectivity index (χ4v) is 2.54. The van der Waals surface area contributed by atoms with E-state index in [2.05, 4.69) is 25.8 Å². The number of aromatic nitrogens is 2. The maximum Gasteiger partial charge on any atom is 0.222 e. The fourth-order valence-electron chi connectivity index (χ4n) is 2.54. The second-order valence-electron chi connectivity index (χ2n) is 5.54. The van der Waals surface area contributed by atoms with E-state index in [0.29, 0.717) is 13.0 Å². The molecule has 2 rings (SSSR count). The Labute approximate surface area is 131 Å². The lowest BCUT2D eigenvalue weighted by molar-refractivity contribution is -0.129. The maximum atomic E-state index is 11.7. The molecule has 1 saturated heterocycles. The lowest BCUT2D eigenvalue weighted by atomic mass is 10.2. The van der Waals surface area contributed by atoms with Crippen molar-refractivity contribution in [3.05, 3.63) is 17.5 Å². The number of amides is 1. The van der Waals surface area contributed by atoms with Crippen LogP contribution in [0.4, 0.5) is 0 Å². The highest BCUT2D eigenvalue weighted by molar-refractivity contribution is 5.80. The normalized spacial score (nSPS) is 18.6. The second kappa shape index (κ2) is 7.82. The molecule has 22 heavy (non-hydrogen) atoms. The van der Waals surface area contributed by atoms with Gasteiger partial charge in [0.15, 0.2) is 5.96 Å². The molecule has 1 atom stereocenters. The van der Waals surface area contributed by atoms with Crippen LogP contribution in [0.5, 0.6) is 0 Å². The summed E-state index contributed by atoms with van der Waals surface area (Å²) in [6.07, 6.45) is 3.33. The predicted octanol–water partition coefficient (Wildman–Crippen LogP) is 0.784. The fraction of sp³-hybridized carbons (Fsp3) is 0.667. The Morgan fingerprint density at radius 3 is 3.00 bits per heavy atom. The van der Waals surface area contributed by atoms with Crippen molar-refractivity contribution in [1.82, 2.24) is 25.7 Å². The Morgan fingerprint density at radius 2 is 2.36 bits per heavy atom. The van der Waals surface area contributed by atoms with Crippen LogP contribution in [0.3, 0.4) is 0 Å². The molecule has 0 aliphatic carbocycles. The van der Waals surface area contributed by atoms with Crippen LogP contribution in [0, 0.1) is 6.92 Å². The topological polar surface area (TPSA) is 85.4 Å². The highest BCUT2D eigenvalue weighted by Gasteiger charge is 2.25. The molecule has 0 aromatic carbocycles. The van der Waals surface area contributed by atoms with Crippen molar-refractivity contribution in [2.45, 2.75) is 46.2 Å². The molecule has 7 nitrogen and oxygen atoms in total. The molecule has 0 radical (unpaired) electrons. The molecular formula is C15H26N6O. The van der Waals surface area contributed by atoms with E-state index in [0.717, 1.165) is 43.3 Å². The first kappa shape index (κ1) is 16.3. The van der Waals surface area contributed by atoms with Crippen LogP contribution in [-0.4, -0.2) is 52.6 Å². The predicted molar refractivity (Wildman–Crippen MR) is 86.6 cm³/mol. The Bertz CT molecular complexity index is 524. The number of aromatic amines is 1. The lowest BCUT2D eigenvalue weighted by Gasteiger charge is -2.18. The molecule has 1 amide bonds. The van der Waals surface area contributed by atoms with Gasteiger partial charge in [0.25, 0.3) is 0 Å². The zero-order valence-corrected chi connectivity index (χ0v) is 13.6. The van der Waals surface area contributed by atoms with Crippen LogP contribution < -0.4 is 10.6 Å². The number of nitrogens with one attached hydrogen (secondary N) is 3. The highest BCUT2D eigenvalue weighted by atomic mass is 16.2. The smallest absolute Gasteiger partial charge is 0.222 e. The summed E-state index contributed by atoms with van der Waals surface area (Å²) in [6.45, 7) is 8.90. The Balaban J connectivity index is 1.92. The number of carbonyl (C=O) groups excluding carboxylic acids is 1. The summed E-state index contributed by atoms with van der Waals surface area (Å²) in [5.41, 5.74) is 2.13. The van der Waals surface area contributed by atoms with Gasteiger partial charge in [-0.3, -0.25) is 9.89 Å². The van der Waals surface area contributed by atoms with Gasteiger partial charge in [0.1, 0.15) is 0 Å². The number of likely N-dealkylation sites (tertiary alicyclic amines) is 1. The van der Waals surface area contributed by atoms with Gasteiger partial charge in [-0.2, -0.15) is 5.10 Å². The molecule has 0 spiro atoms. The minimum Gasteiger partial charge on any atom is -0.357 e. The minimum atomic E-state index is 0.222. The molecule has 1 aliphatic heterocycles. The van der Waals surface area contributed by atoms with E-state index in [4.69, 9.17) is 0 Å². The van der Waals surface area contributed by atoms with Crippen molar-refractivity contribution < 1.29 is 4.79 Å². The van der Waals surface area contributed by atoms with E-state index in [-0.39, 0.29) is 11.9 Å². The van der Waals surface area contributed by atoms with Crippen LogP contribution in [0.25, 0.3) is 0 Å². The van der Waals surface area contributed by atoms with E-state index in [1.165, 1.54) is 0 Å². The third-order valence-electron chi connectivity index (χ3n) is 3.87. The average molecular weight is 306 g/mol. The summed E-state index contributed by atoms with van der Waals surface area (Å²) in [5, 5.41) is 13.6. The monoisotopic (exact) mass is 306 g/mol. The second-order valence-corrected chi connectivity index (χ2v) is 5.54. The van der Waals surface area contributed by atoms with Gasteiger partial charge in [0.05, 0.1) is 12.7 Å². The third kappa shape index (κ3) is 4.22. The molecule has 3 N–H and O–H groups in total. The van der Waals surface area contributed by atoms with Crippen molar-refractivity contribution in [3.8, 4) is 0 Å². The summed E-state index contributed by atoms with van der Waals surface area (Å²) in [6, 6.07) is 0.263. The standard InChI is InChI=1S/C15H26N6O/c1-4-14(22)21-7-6-13(10-21)19-15(16-5-2)17-8-12-9-18-20-11(12)3/h9,13H,4-8,10H2,1-3H3,(H,18,20)(H2,16,17,19). The van der Waals surface area contributed by atoms with E-state index in [9.17, 15) is 4.79 Å². The molecule has 1 aromatic rings. The van der Waals surface area contributed by atoms with Crippen molar-refractivity contribution in [3.63, 3.8) is 0 Å². The molecule has 2 heterocycles. The summed E-state index contributed by atoms with van der Waals surface area (Å²) in [4.78, 5) is 18.3. The van der Waals surface area contributed by atoms with E-state index < -0.39 is 0 Å². The quantitative estimate of drug-likeness (QED) is 0.554. The number of H-pyrrole nitrogens is 1. The number of aryl methyl sites for hydroxylation is 1. The summed E-state index contributed by atoms with van der Waals surface area (Å²) in [5.74, 6) is 1.01. The maximum absolute atomic E-state index is 11.7. The van der Waals surface area contributed by atoms with Crippen LogP contribution in [0.15, 0.2) is 11.2 Å². The third-order valence-corrected chi connectivity index (χ3v) is 3.87. The highest BCUT2D eigenvalue weighted by Crippen LogP contribution is 2.10. The number of carbonyl (C=O) groups is 1. The summed E-state index contributed by atoms with van der Waals surface area (Å²) >= 11 is 0. The number of hydrogen-bond donors (Lipinski definition) is 3. The minimum absolute atomic E-state index is 0.222. The molecule has 1 unspecified atom stereocenters. The number of aliphatic imine (C=N–C) groups is 1. The number of nitrogens with zero attached hydrogens (tertiary/aromatic N) is 3. The van der Waals surface area contributed by atoms with Crippen molar-refractivity contribution in [2.24, 2.45) is 4.99 Å². The van der Waals surface area contributed by atoms with E-state index in [1.54, 1.807) is 6.20 Å². The van der Waals surface area contributed by atoms with E-state index >= 15 is 0 Å². The molecule has 0 bridgehead atoms. The van der Waals surface area contributed by atoms with Crippen molar-refractivity contribution in [1.29, 1.82) is 0 Å². The van der Waals surface area contributed by atoms with Gasteiger partial charge >= 0.3 is 0 Å². The van der Waals surface area contributed by atoms with Gasteiger partial charge in [0, 0.05) is 43.4 Å².